The molecular formula is C13H14INO4. The Morgan fingerprint density at radius 1 is 1.42 bits per heavy atom. The molecule has 1 atom stereocenters. The molecule has 102 valence electrons. The zero-order chi connectivity index (χ0) is 14.0. The molecule has 0 aromatic heterocycles. The van der Waals surface area contributed by atoms with Crippen LogP contribution in [0.4, 0.5) is 5.69 Å². The SMILES string of the molecule is CC1(C(=O)Nc2cc(I)cc(C(=O)O)c2)CCCO1. The predicted molar refractivity (Wildman–Crippen MR) is 78.3 cm³/mol. The van der Waals surface area contributed by atoms with E-state index in [-0.39, 0.29) is 11.5 Å². The molecule has 1 unspecified atom stereocenters. The second-order valence-electron chi connectivity index (χ2n) is 4.67. The lowest BCUT2D eigenvalue weighted by molar-refractivity contribution is -0.133. The molecule has 1 aromatic carbocycles. The van der Waals surface area contributed by atoms with Crippen molar-refractivity contribution in [2.24, 2.45) is 0 Å². The van der Waals surface area contributed by atoms with Crippen molar-refractivity contribution in [3.63, 3.8) is 0 Å². The van der Waals surface area contributed by atoms with Crippen LogP contribution in [0.5, 0.6) is 0 Å². The van der Waals surface area contributed by atoms with Crippen molar-refractivity contribution < 1.29 is 19.4 Å². The zero-order valence-corrected chi connectivity index (χ0v) is 12.6. The number of amides is 1. The normalized spacial score (nSPS) is 22.2. The highest BCUT2D eigenvalue weighted by Crippen LogP contribution is 2.27. The topological polar surface area (TPSA) is 75.6 Å². The van der Waals surface area contributed by atoms with Gasteiger partial charge in [-0.1, -0.05) is 0 Å². The van der Waals surface area contributed by atoms with Gasteiger partial charge in [-0.05, 0) is 60.6 Å². The highest BCUT2D eigenvalue weighted by Gasteiger charge is 2.37. The van der Waals surface area contributed by atoms with E-state index in [1.165, 1.54) is 6.07 Å². The molecule has 0 saturated carbocycles. The predicted octanol–water partition coefficient (Wildman–Crippen LogP) is 2.50. The molecule has 1 amide bonds. The summed E-state index contributed by atoms with van der Waals surface area (Å²) in [5, 5.41) is 11.7. The van der Waals surface area contributed by atoms with Crippen molar-refractivity contribution in [2.45, 2.75) is 25.4 Å². The first-order valence-electron chi connectivity index (χ1n) is 5.90. The van der Waals surface area contributed by atoms with E-state index in [1.54, 1.807) is 19.1 Å². The number of carboxylic acid groups (broad SMARTS) is 1. The van der Waals surface area contributed by atoms with Gasteiger partial charge in [0.1, 0.15) is 5.60 Å². The summed E-state index contributed by atoms with van der Waals surface area (Å²) in [7, 11) is 0. The van der Waals surface area contributed by atoms with Gasteiger partial charge in [-0.15, -0.1) is 0 Å². The Labute approximate surface area is 124 Å². The summed E-state index contributed by atoms with van der Waals surface area (Å²) >= 11 is 2.02. The van der Waals surface area contributed by atoms with Crippen molar-refractivity contribution in [3.8, 4) is 0 Å². The molecular weight excluding hydrogens is 361 g/mol. The summed E-state index contributed by atoms with van der Waals surface area (Å²) in [5.41, 5.74) is -0.185. The molecule has 1 aliphatic rings. The van der Waals surface area contributed by atoms with Crippen LogP contribution in [-0.4, -0.2) is 29.2 Å². The lowest BCUT2D eigenvalue weighted by Crippen LogP contribution is -2.39. The number of benzene rings is 1. The van der Waals surface area contributed by atoms with Gasteiger partial charge >= 0.3 is 5.97 Å². The summed E-state index contributed by atoms with van der Waals surface area (Å²) in [4.78, 5) is 23.1. The van der Waals surface area contributed by atoms with E-state index >= 15 is 0 Å². The number of nitrogens with one attached hydrogen (secondary N) is 1. The fourth-order valence-corrected chi connectivity index (χ4v) is 2.68. The minimum absolute atomic E-state index is 0.152. The molecule has 1 fully saturated rings. The lowest BCUT2D eigenvalue weighted by atomic mass is 10.0. The molecule has 2 N–H and O–H groups in total. The Balaban J connectivity index is 2.19. The van der Waals surface area contributed by atoms with Gasteiger partial charge < -0.3 is 15.2 Å². The van der Waals surface area contributed by atoms with Gasteiger partial charge in [0.15, 0.2) is 0 Å². The molecule has 2 rings (SSSR count). The molecule has 0 bridgehead atoms. The quantitative estimate of drug-likeness (QED) is 0.797. The van der Waals surface area contributed by atoms with Crippen LogP contribution in [0.2, 0.25) is 0 Å². The number of hydrogen-bond acceptors (Lipinski definition) is 3. The van der Waals surface area contributed by atoms with Crippen molar-refractivity contribution in [2.75, 3.05) is 11.9 Å². The van der Waals surface area contributed by atoms with E-state index in [9.17, 15) is 9.59 Å². The van der Waals surface area contributed by atoms with Crippen LogP contribution >= 0.6 is 22.6 Å². The number of anilines is 1. The average molecular weight is 375 g/mol. The molecule has 1 heterocycles. The first-order valence-corrected chi connectivity index (χ1v) is 6.98. The second kappa shape index (κ2) is 5.46. The Morgan fingerprint density at radius 2 is 2.16 bits per heavy atom. The molecule has 0 aliphatic carbocycles. The molecule has 1 saturated heterocycles. The summed E-state index contributed by atoms with van der Waals surface area (Å²) in [6.45, 7) is 2.33. The number of halogens is 1. The zero-order valence-electron chi connectivity index (χ0n) is 10.4. The molecule has 5 nitrogen and oxygen atoms in total. The van der Waals surface area contributed by atoms with Crippen LogP contribution in [0.15, 0.2) is 18.2 Å². The van der Waals surface area contributed by atoms with Crippen LogP contribution in [0.3, 0.4) is 0 Å². The van der Waals surface area contributed by atoms with Gasteiger partial charge in [0.25, 0.3) is 5.91 Å². The van der Waals surface area contributed by atoms with Crippen LogP contribution in [-0.2, 0) is 9.53 Å². The lowest BCUT2D eigenvalue weighted by Gasteiger charge is -2.22. The van der Waals surface area contributed by atoms with Crippen LogP contribution < -0.4 is 5.32 Å². The first kappa shape index (κ1) is 14.3. The fourth-order valence-electron chi connectivity index (χ4n) is 2.01. The molecule has 0 radical (unpaired) electrons. The van der Waals surface area contributed by atoms with E-state index in [1.807, 2.05) is 22.6 Å². The van der Waals surface area contributed by atoms with E-state index in [2.05, 4.69) is 5.32 Å². The molecule has 1 aliphatic heterocycles. The maximum absolute atomic E-state index is 12.1. The maximum atomic E-state index is 12.1. The van der Waals surface area contributed by atoms with E-state index in [0.717, 1.165) is 9.99 Å². The molecule has 6 heteroatoms. The third-order valence-corrected chi connectivity index (χ3v) is 3.72. The second-order valence-corrected chi connectivity index (χ2v) is 5.92. The fraction of sp³-hybridized carbons (Fsp3) is 0.385. The maximum Gasteiger partial charge on any atom is 0.335 e. The summed E-state index contributed by atoms with van der Waals surface area (Å²) in [6.07, 6.45) is 1.53. The number of ether oxygens (including phenoxy) is 1. The van der Waals surface area contributed by atoms with Gasteiger partial charge in [0.05, 0.1) is 5.56 Å². The number of carboxylic acids is 1. The number of aromatic carboxylic acids is 1. The molecule has 1 aromatic rings. The highest BCUT2D eigenvalue weighted by atomic mass is 127. The van der Waals surface area contributed by atoms with E-state index in [0.29, 0.717) is 18.7 Å². The standard InChI is InChI=1S/C13H14INO4/c1-13(3-2-4-19-13)12(18)15-10-6-8(11(16)17)5-9(14)7-10/h5-7H,2-4H2,1H3,(H,15,18)(H,16,17). The number of carbonyl (C=O) groups excluding carboxylic acids is 1. The van der Waals surface area contributed by atoms with Gasteiger partial charge in [-0.3, -0.25) is 4.79 Å². The van der Waals surface area contributed by atoms with Crippen LogP contribution in [0, 0.1) is 3.57 Å². The summed E-state index contributed by atoms with van der Waals surface area (Å²) in [5.74, 6) is -1.25. The van der Waals surface area contributed by atoms with Crippen molar-refractivity contribution in [1.29, 1.82) is 0 Å². The third-order valence-electron chi connectivity index (χ3n) is 3.10. The number of carbonyl (C=O) groups is 2. The minimum Gasteiger partial charge on any atom is -0.478 e. The summed E-state index contributed by atoms with van der Waals surface area (Å²) in [6, 6.07) is 4.72. The van der Waals surface area contributed by atoms with Gasteiger partial charge in [-0.2, -0.15) is 0 Å². The smallest absolute Gasteiger partial charge is 0.335 e. The Morgan fingerprint density at radius 3 is 2.74 bits per heavy atom. The largest absolute Gasteiger partial charge is 0.478 e. The van der Waals surface area contributed by atoms with Gasteiger partial charge in [0.2, 0.25) is 0 Å². The van der Waals surface area contributed by atoms with Crippen LogP contribution in [0.25, 0.3) is 0 Å². The number of rotatable bonds is 3. The van der Waals surface area contributed by atoms with Gasteiger partial charge in [-0.25, -0.2) is 4.79 Å². The average Bonchev–Trinajstić information content (AvgIpc) is 2.76. The van der Waals surface area contributed by atoms with Crippen molar-refractivity contribution in [3.05, 3.63) is 27.3 Å². The van der Waals surface area contributed by atoms with E-state index < -0.39 is 11.6 Å². The first-order chi connectivity index (χ1) is 8.90. The Kier molecular flexibility index (Phi) is 4.10. The van der Waals surface area contributed by atoms with E-state index in [4.69, 9.17) is 9.84 Å². The third kappa shape index (κ3) is 3.24. The number of hydrogen-bond donors (Lipinski definition) is 2. The molecule has 0 spiro atoms. The van der Waals surface area contributed by atoms with Crippen LogP contribution in [0.1, 0.15) is 30.1 Å². The van der Waals surface area contributed by atoms with Crippen molar-refractivity contribution >= 4 is 40.2 Å². The minimum atomic E-state index is -1.02. The molecule has 19 heavy (non-hydrogen) atoms. The van der Waals surface area contributed by atoms with Gasteiger partial charge in [0, 0.05) is 15.9 Å². The summed E-state index contributed by atoms with van der Waals surface area (Å²) < 4.78 is 6.21. The monoisotopic (exact) mass is 375 g/mol. The highest BCUT2D eigenvalue weighted by molar-refractivity contribution is 14.1. The Bertz CT molecular complexity index is 523. The van der Waals surface area contributed by atoms with Crippen molar-refractivity contribution in [1.82, 2.24) is 0 Å². The Hall–Kier alpha value is -1.15.